The molecule has 0 radical (unpaired) electrons. The van der Waals surface area contributed by atoms with Crippen LogP contribution in [0.4, 0.5) is 0 Å². The first-order chi connectivity index (χ1) is 9.47. The number of nitrogens with zero attached hydrogens (tertiary/aromatic N) is 4. The van der Waals surface area contributed by atoms with Crippen LogP contribution in [0, 0.1) is 13.8 Å². The van der Waals surface area contributed by atoms with Crippen LogP contribution in [0.2, 0.25) is 5.15 Å². The maximum Gasteiger partial charge on any atom is 0.130 e. The molecule has 0 fully saturated rings. The molecule has 1 unspecified atom stereocenters. The summed E-state index contributed by atoms with van der Waals surface area (Å²) in [6.07, 6.45) is 0.806. The summed E-state index contributed by atoms with van der Waals surface area (Å²) in [7, 11) is 3.83. The van der Waals surface area contributed by atoms with Crippen LogP contribution in [-0.4, -0.2) is 26.6 Å². The zero-order chi connectivity index (χ0) is 14.9. The number of nitrogens with one attached hydrogen (secondary N) is 1. The van der Waals surface area contributed by atoms with E-state index in [9.17, 15) is 0 Å². The van der Waals surface area contributed by atoms with Gasteiger partial charge in [0.05, 0.1) is 23.1 Å². The van der Waals surface area contributed by atoms with E-state index in [0.717, 1.165) is 29.9 Å². The minimum atomic E-state index is 0.177. The van der Waals surface area contributed by atoms with Crippen molar-refractivity contribution < 1.29 is 0 Å². The van der Waals surface area contributed by atoms with Crippen LogP contribution in [0.15, 0.2) is 6.07 Å². The first-order valence-corrected chi connectivity index (χ1v) is 7.25. The third-order valence-electron chi connectivity index (χ3n) is 3.62. The minimum absolute atomic E-state index is 0.177. The summed E-state index contributed by atoms with van der Waals surface area (Å²) in [5.74, 6) is 0. The van der Waals surface area contributed by atoms with E-state index in [1.165, 1.54) is 5.69 Å². The summed E-state index contributed by atoms with van der Waals surface area (Å²) in [6, 6.07) is 2.31. The smallest absolute Gasteiger partial charge is 0.130 e. The number of hydrogen-bond acceptors (Lipinski definition) is 3. The average Bonchev–Trinajstić information content (AvgIpc) is 2.89. The Bertz CT molecular complexity index is 599. The van der Waals surface area contributed by atoms with Crippen molar-refractivity contribution in [2.45, 2.75) is 39.8 Å². The van der Waals surface area contributed by atoms with Crippen LogP contribution in [0.1, 0.15) is 35.6 Å². The Kier molecular flexibility index (Phi) is 4.50. The van der Waals surface area contributed by atoms with E-state index in [4.69, 9.17) is 11.6 Å². The molecule has 0 saturated carbocycles. The molecule has 2 rings (SSSR count). The monoisotopic (exact) mass is 295 g/mol. The third-order valence-corrected chi connectivity index (χ3v) is 4.09. The Morgan fingerprint density at radius 1 is 1.35 bits per heavy atom. The maximum atomic E-state index is 6.33. The van der Waals surface area contributed by atoms with Gasteiger partial charge in [-0.05, 0) is 40.3 Å². The van der Waals surface area contributed by atoms with Gasteiger partial charge >= 0.3 is 0 Å². The molecule has 0 aliphatic rings. The zero-order valence-electron chi connectivity index (χ0n) is 12.7. The fourth-order valence-corrected chi connectivity index (χ4v) is 2.82. The first-order valence-electron chi connectivity index (χ1n) is 6.87. The molecular weight excluding hydrogens is 274 g/mol. The summed E-state index contributed by atoms with van der Waals surface area (Å²) >= 11 is 6.33. The van der Waals surface area contributed by atoms with E-state index < -0.39 is 0 Å². The molecule has 0 spiro atoms. The van der Waals surface area contributed by atoms with E-state index >= 15 is 0 Å². The quantitative estimate of drug-likeness (QED) is 0.921. The molecule has 0 amide bonds. The van der Waals surface area contributed by atoms with Gasteiger partial charge in [0.1, 0.15) is 5.15 Å². The van der Waals surface area contributed by atoms with E-state index in [-0.39, 0.29) is 6.04 Å². The molecule has 1 N–H and O–H groups in total. The molecule has 2 aromatic rings. The molecule has 110 valence electrons. The Hall–Kier alpha value is -1.33. The Labute approximate surface area is 124 Å². The molecule has 0 bridgehead atoms. The van der Waals surface area contributed by atoms with Gasteiger partial charge in [0.25, 0.3) is 0 Å². The SMILES string of the molecule is CCn1nc(C)cc1C(Cc1c(C)nn(C)c1Cl)NC. The molecular formula is C14H22ClN5. The highest BCUT2D eigenvalue weighted by Gasteiger charge is 2.20. The Morgan fingerprint density at radius 2 is 2.05 bits per heavy atom. The van der Waals surface area contributed by atoms with Crippen LogP contribution < -0.4 is 5.32 Å². The molecule has 2 heterocycles. The van der Waals surface area contributed by atoms with Crippen molar-refractivity contribution in [1.29, 1.82) is 0 Å². The summed E-state index contributed by atoms with van der Waals surface area (Å²) in [6.45, 7) is 6.98. The lowest BCUT2D eigenvalue weighted by Gasteiger charge is -2.17. The lowest BCUT2D eigenvalue weighted by Crippen LogP contribution is -2.22. The third kappa shape index (κ3) is 2.74. The highest BCUT2D eigenvalue weighted by molar-refractivity contribution is 6.30. The number of likely N-dealkylation sites (N-methyl/N-ethyl adjacent to an activating group) is 1. The number of hydrogen-bond donors (Lipinski definition) is 1. The predicted molar refractivity (Wildman–Crippen MR) is 81.1 cm³/mol. The van der Waals surface area contributed by atoms with Crippen molar-refractivity contribution in [3.05, 3.63) is 33.9 Å². The van der Waals surface area contributed by atoms with Gasteiger partial charge < -0.3 is 5.32 Å². The summed E-state index contributed by atoms with van der Waals surface area (Å²) < 4.78 is 3.76. The van der Waals surface area contributed by atoms with Gasteiger partial charge in [0.15, 0.2) is 0 Å². The number of aryl methyl sites for hydroxylation is 4. The molecule has 20 heavy (non-hydrogen) atoms. The normalized spacial score (nSPS) is 12.9. The Morgan fingerprint density at radius 3 is 2.55 bits per heavy atom. The van der Waals surface area contributed by atoms with Gasteiger partial charge in [-0.2, -0.15) is 10.2 Å². The Balaban J connectivity index is 2.33. The van der Waals surface area contributed by atoms with Crippen molar-refractivity contribution in [2.75, 3.05) is 7.05 Å². The average molecular weight is 296 g/mol. The molecule has 1 atom stereocenters. The number of halogens is 1. The van der Waals surface area contributed by atoms with Crippen LogP contribution >= 0.6 is 11.6 Å². The zero-order valence-corrected chi connectivity index (χ0v) is 13.5. The van der Waals surface area contributed by atoms with E-state index in [1.807, 2.05) is 32.6 Å². The van der Waals surface area contributed by atoms with Gasteiger partial charge in [-0.3, -0.25) is 9.36 Å². The second-order valence-electron chi connectivity index (χ2n) is 5.05. The van der Waals surface area contributed by atoms with Gasteiger partial charge in [0.2, 0.25) is 0 Å². The molecule has 0 saturated heterocycles. The molecule has 0 aromatic carbocycles. The molecule has 2 aromatic heterocycles. The van der Waals surface area contributed by atoms with Crippen molar-refractivity contribution in [2.24, 2.45) is 7.05 Å². The molecule has 5 nitrogen and oxygen atoms in total. The van der Waals surface area contributed by atoms with Crippen molar-refractivity contribution in [1.82, 2.24) is 24.9 Å². The van der Waals surface area contributed by atoms with E-state index in [2.05, 4.69) is 28.5 Å². The van der Waals surface area contributed by atoms with Crippen LogP contribution in [0.25, 0.3) is 0 Å². The summed E-state index contributed by atoms with van der Waals surface area (Å²) in [5, 5.41) is 13.0. The molecule has 6 heteroatoms. The van der Waals surface area contributed by atoms with Crippen LogP contribution in [0.5, 0.6) is 0 Å². The van der Waals surface area contributed by atoms with Gasteiger partial charge in [0, 0.05) is 19.2 Å². The summed E-state index contributed by atoms with van der Waals surface area (Å²) in [5.41, 5.74) is 4.30. The molecule has 0 aliphatic carbocycles. The topological polar surface area (TPSA) is 47.7 Å². The first kappa shape index (κ1) is 15.1. The van der Waals surface area contributed by atoms with Gasteiger partial charge in [-0.15, -0.1) is 0 Å². The van der Waals surface area contributed by atoms with Crippen molar-refractivity contribution >= 4 is 11.6 Å². The van der Waals surface area contributed by atoms with E-state index in [0.29, 0.717) is 5.15 Å². The second-order valence-corrected chi connectivity index (χ2v) is 5.41. The maximum absolute atomic E-state index is 6.33. The largest absolute Gasteiger partial charge is 0.311 e. The van der Waals surface area contributed by atoms with Crippen LogP contribution in [0.3, 0.4) is 0 Å². The fraction of sp³-hybridized carbons (Fsp3) is 0.571. The van der Waals surface area contributed by atoms with Crippen LogP contribution in [-0.2, 0) is 20.0 Å². The predicted octanol–water partition coefficient (Wildman–Crippen LogP) is 2.41. The lowest BCUT2D eigenvalue weighted by molar-refractivity contribution is 0.512. The minimum Gasteiger partial charge on any atom is -0.311 e. The highest BCUT2D eigenvalue weighted by Crippen LogP contribution is 2.26. The number of aromatic nitrogens is 4. The second kappa shape index (κ2) is 5.97. The van der Waals surface area contributed by atoms with Crippen molar-refractivity contribution in [3.8, 4) is 0 Å². The lowest BCUT2D eigenvalue weighted by atomic mass is 10.0. The summed E-state index contributed by atoms with van der Waals surface area (Å²) in [4.78, 5) is 0. The highest BCUT2D eigenvalue weighted by atomic mass is 35.5. The van der Waals surface area contributed by atoms with E-state index in [1.54, 1.807) is 4.68 Å². The van der Waals surface area contributed by atoms with Gasteiger partial charge in [-0.1, -0.05) is 11.6 Å². The van der Waals surface area contributed by atoms with Gasteiger partial charge in [-0.25, -0.2) is 0 Å². The standard InChI is InChI=1S/C14H22ClN5/c1-6-20-13(7-9(2)17-20)12(16-4)8-11-10(3)18-19(5)14(11)15/h7,12,16H,6,8H2,1-5H3. The number of rotatable bonds is 5. The molecule has 0 aliphatic heterocycles. The fourth-order valence-electron chi connectivity index (χ4n) is 2.56. The van der Waals surface area contributed by atoms with Crippen molar-refractivity contribution in [3.63, 3.8) is 0 Å².